The molecule has 0 atom stereocenters. The lowest BCUT2D eigenvalue weighted by Crippen LogP contribution is -2.37. The number of ether oxygens (including phenoxy) is 1. The van der Waals surface area contributed by atoms with Gasteiger partial charge in [-0.15, -0.1) is 0 Å². The van der Waals surface area contributed by atoms with Crippen LogP contribution in [-0.4, -0.2) is 47.5 Å². The van der Waals surface area contributed by atoms with Crippen LogP contribution in [0.3, 0.4) is 0 Å². The Morgan fingerprint density at radius 2 is 2.07 bits per heavy atom. The second-order valence-corrected chi connectivity index (χ2v) is 6.84. The topological polar surface area (TPSA) is 102 Å². The number of hydrogen-bond acceptors (Lipinski definition) is 7. The minimum Gasteiger partial charge on any atom is -0.497 e. The second kappa shape index (κ2) is 9.84. The first-order valence-electron chi connectivity index (χ1n) is 9.57. The third-order valence-corrected chi connectivity index (χ3v) is 4.80. The molecular formula is C21H25N5O4. The van der Waals surface area contributed by atoms with Gasteiger partial charge in [-0.2, -0.15) is 5.10 Å². The van der Waals surface area contributed by atoms with E-state index in [4.69, 9.17) is 9.26 Å². The fourth-order valence-corrected chi connectivity index (χ4v) is 3.02. The fraction of sp³-hybridized carbons (Fsp3) is 0.333. The SMILES string of the molecule is COc1ccc(CCNCC(=O)N(C=O)c2cnn(Cc3c(C)noc3C)c2)cc1. The molecule has 3 aromatic rings. The van der Waals surface area contributed by atoms with Gasteiger partial charge in [0, 0.05) is 11.8 Å². The lowest BCUT2D eigenvalue weighted by Gasteiger charge is -2.13. The molecule has 9 heteroatoms. The Morgan fingerprint density at radius 1 is 1.30 bits per heavy atom. The third-order valence-electron chi connectivity index (χ3n) is 4.80. The quantitative estimate of drug-likeness (QED) is 0.401. The number of anilines is 1. The van der Waals surface area contributed by atoms with E-state index in [9.17, 15) is 9.59 Å². The van der Waals surface area contributed by atoms with E-state index in [0.717, 1.165) is 33.9 Å². The maximum absolute atomic E-state index is 12.5. The first kappa shape index (κ1) is 21.3. The minimum atomic E-state index is -0.350. The highest BCUT2D eigenvalue weighted by Crippen LogP contribution is 2.17. The number of carbonyl (C=O) groups excluding carboxylic acids is 2. The van der Waals surface area contributed by atoms with Crippen molar-refractivity contribution < 1.29 is 18.8 Å². The number of nitrogens with zero attached hydrogens (tertiary/aromatic N) is 4. The molecule has 0 fully saturated rings. The van der Waals surface area contributed by atoms with E-state index in [1.54, 1.807) is 18.0 Å². The monoisotopic (exact) mass is 411 g/mol. The van der Waals surface area contributed by atoms with Crippen molar-refractivity contribution in [3.8, 4) is 5.75 Å². The van der Waals surface area contributed by atoms with Gasteiger partial charge in [0.05, 0.1) is 37.8 Å². The zero-order chi connectivity index (χ0) is 21.5. The molecule has 0 unspecified atom stereocenters. The number of methoxy groups -OCH3 is 1. The summed E-state index contributed by atoms with van der Waals surface area (Å²) in [6.07, 6.45) is 4.40. The summed E-state index contributed by atoms with van der Waals surface area (Å²) in [5.41, 5.74) is 3.25. The van der Waals surface area contributed by atoms with Gasteiger partial charge in [-0.25, -0.2) is 4.90 Å². The van der Waals surface area contributed by atoms with Crippen LogP contribution in [0.2, 0.25) is 0 Å². The lowest BCUT2D eigenvalue weighted by atomic mass is 10.1. The molecule has 158 valence electrons. The predicted octanol–water partition coefficient (Wildman–Crippen LogP) is 1.87. The number of aryl methyl sites for hydroxylation is 2. The van der Waals surface area contributed by atoms with Gasteiger partial charge < -0.3 is 14.6 Å². The summed E-state index contributed by atoms with van der Waals surface area (Å²) in [7, 11) is 1.63. The lowest BCUT2D eigenvalue weighted by molar-refractivity contribution is -0.121. The Morgan fingerprint density at radius 3 is 2.70 bits per heavy atom. The van der Waals surface area contributed by atoms with Crippen LogP contribution in [0.1, 0.15) is 22.6 Å². The van der Waals surface area contributed by atoms with Crippen LogP contribution >= 0.6 is 0 Å². The standard InChI is InChI=1S/C21H25N5O4/c1-15-20(16(2)30-24-15)13-25-12-18(10-23-25)26(14-27)21(28)11-22-9-8-17-4-6-19(29-3)7-5-17/h4-7,10,12,14,22H,8-9,11,13H2,1-3H3. The number of benzene rings is 1. The molecule has 0 saturated carbocycles. The Balaban J connectivity index is 1.52. The summed E-state index contributed by atoms with van der Waals surface area (Å²) in [5, 5.41) is 11.2. The van der Waals surface area contributed by atoms with Gasteiger partial charge in [0.1, 0.15) is 11.5 Å². The van der Waals surface area contributed by atoms with Crippen LogP contribution in [-0.2, 0) is 22.6 Å². The van der Waals surface area contributed by atoms with Crippen molar-refractivity contribution in [2.24, 2.45) is 0 Å². The van der Waals surface area contributed by atoms with Gasteiger partial charge in [0.25, 0.3) is 0 Å². The number of nitrogens with one attached hydrogen (secondary N) is 1. The first-order chi connectivity index (χ1) is 14.5. The normalized spacial score (nSPS) is 10.8. The summed E-state index contributed by atoms with van der Waals surface area (Å²) in [4.78, 5) is 25.0. The highest BCUT2D eigenvalue weighted by molar-refractivity contribution is 6.07. The number of carbonyl (C=O) groups is 2. The van der Waals surface area contributed by atoms with Gasteiger partial charge in [-0.3, -0.25) is 14.3 Å². The zero-order valence-corrected chi connectivity index (χ0v) is 17.3. The largest absolute Gasteiger partial charge is 0.497 e. The average molecular weight is 411 g/mol. The smallest absolute Gasteiger partial charge is 0.247 e. The van der Waals surface area contributed by atoms with Crippen molar-refractivity contribution in [1.29, 1.82) is 0 Å². The molecule has 3 rings (SSSR count). The highest BCUT2D eigenvalue weighted by atomic mass is 16.5. The van der Waals surface area contributed by atoms with Crippen LogP contribution in [0, 0.1) is 13.8 Å². The molecule has 0 saturated heterocycles. The molecule has 2 amide bonds. The fourth-order valence-electron chi connectivity index (χ4n) is 3.02. The number of aromatic nitrogens is 3. The molecule has 0 aliphatic carbocycles. The maximum atomic E-state index is 12.5. The maximum Gasteiger partial charge on any atom is 0.247 e. The van der Waals surface area contributed by atoms with Crippen molar-refractivity contribution >= 4 is 18.0 Å². The van der Waals surface area contributed by atoms with Crippen LogP contribution in [0.25, 0.3) is 0 Å². The average Bonchev–Trinajstić information content (AvgIpc) is 3.34. The molecule has 2 heterocycles. The Kier molecular flexibility index (Phi) is 6.97. The summed E-state index contributed by atoms with van der Waals surface area (Å²) >= 11 is 0. The summed E-state index contributed by atoms with van der Waals surface area (Å²) in [6, 6.07) is 7.75. The van der Waals surface area contributed by atoms with E-state index < -0.39 is 0 Å². The van der Waals surface area contributed by atoms with Crippen LogP contribution in [0.15, 0.2) is 41.2 Å². The molecule has 0 spiro atoms. The third kappa shape index (κ3) is 5.12. The Labute approximate surface area is 174 Å². The molecule has 0 aliphatic heterocycles. The molecule has 0 aliphatic rings. The van der Waals surface area contributed by atoms with Crippen molar-refractivity contribution in [1.82, 2.24) is 20.3 Å². The van der Waals surface area contributed by atoms with E-state index in [1.165, 1.54) is 6.20 Å². The van der Waals surface area contributed by atoms with Gasteiger partial charge in [-0.05, 0) is 44.5 Å². The molecule has 2 aromatic heterocycles. The van der Waals surface area contributed by atoms with E-state index in [1.807, 2.05) is 38.1 Å². The molecule has 1 aromatic carbocycles. The molecule has 9 nitrogen and oxygen atoms in total. The van der Waals surface area contributed by atoms with Gasteiger partial charge >= 0.3 is 0 Å². The summed E-state index contributed by atoms with van der Waals surface area (Å²) < 4.78 is 11.9. The Bertz CT molecular complexity index is 974. The first-order valence-corrected chi connectivity index (χ1v) is 9.57. The van der Waals surface area contributed by atoms with Gasteiger partial charge in [0.2, 0.25) is 12.3 Å². The van der Waals surface area contributed by atoms with Crippen molar-refractivity contribution in [2.45, 2.75) is 26.8 Å². The predicted molar refractivity (Wildman–Crippen MR) is 110 cm³/mol. The zero-order valence-electron chi connectivity index (χ0n) is 17.3. The Hall–Kier alpha value is -3.46. The van der Waals surface area contributed by atoms with Crippen molar-refractivity contribution in [3.63, 3.8) is 0 Å². The highest BCUT2D eigenvalue weighted by Gasteiger charge is 2.17. The minimum absolute atomic E-state index is 0.0456. The van der Waals surface area contributed by atoms with E-state index in [-0.39, 0.29) is 12.5 Å². The molecule has 0 bridgehead atoms. The molecular weight excluding hydrogens is 386 g/mol. The van der Waals surface area contributed by atoms with Gasteiger partial charge in [0.15, 0.2) is 0 Å². The van der Waals surface area contributed by atoms with Crippen LogP contribution < -0.4 is 15.0 Å². The van der Waals surface area contributed by atoms with Crippen molar-refractivity contribution in [3.05, 3.63) is 59.2 Å². The van der Waals surface area contributed by atoms with Crippen molar-refractivity contribution in [2.75, 3.05) is 25.1 Å². The van der Waals surface area contributed by atoms with E-state index in [0.29, 0.717) is 30.9 Å². The number of imide groups is 1. The van der Waals surface area contributed by atoms with Crippen LogP contribution in [0.4, 0.5) is 5.69 Å². The molecule has 0 radical (unpaired) electrons. The van der Waals surface area contributed by atoms with Gasteiger partial charge in [-0.1, -0.05) is 17.3 Å². The number of hydrogen-bond donors (Lipinski definition) is 1. The number of rotatable bonds is 10. The summed E-state index contributed by atoms with van der Waals surface area (Å²) in [5.74, 6) is 1.17. The van der Waals surface area contributed by atoms with E-state index >= 15 is 0 Å². The molecule has 30 heavy (non-hydrogen) atoms. The number of amides is 2. The molecule has 1 N–H and O–H groups in total. The second-order valence-electron chi connectivity index (χ2n) is 6.84. The van der Waals surface area contributed by atoms with E-state index in [2.05, 4.69) is 15.6 Å². The van der Waals surface area contributed by atoms with Crippen LogP contribution in [0.5, 0.6) is 5.75 Å². The summed E-state index contributed by atoms with van der Waals surface area (Å²) in [6.45, 7) is 4.79.